The molecule has 73 heavy (non-hydrogen) atoms. The number of esters is 3. The van der Waals surface area contributed by atoms with Crippen LogP contribution in [0.3, 0.4) is 0 Å². The number of rotatable bonds is 52. The average molecular weight is 1010 g/mol. The maximum Gasteiger partial charge on any atom is 0.306 e. The Morgan fingerprint density at radius 1 is 0.288 bits per heavy atom. The summed E-state index contributed by atoms with van der Waals surface area (Å²) >= 11 is 0. The van der Waals surface area contributed by atoms with Gasteiger partial charge in [0.1, 0.15) is 13.2 Å². The first kappa shape index (κ1) is 68.6. The van der Waals surface area contributed by atoms with Crippen LogP contribution in [-0.4, -0.2) is 37.2 Å². The molecule has 0 heterocycles. The molecule has 6 heteroatoms. The second-order valence-corrected chi connectivity index (χ2v) is 19.1. The minimum atomic E-state index is -0.823. The third kappa shape index (κ3) is 58.3. The molecule has 0 aliphatic rings. The van der Waals surface area contributed by atoms with E-state index >= 15 is 0 Å². The molecule has 0 rings (SSSR count). The molecule has 6 nitrogen and oxygen atoms in total. The molecule has 0 saturated carbocycles. The van der Waals surface area contributed by atoms with E-state index in [0.29, 0.717) is 19.3 Å². The van der Waals surface area contributed by atoms with Crippen LogP contribution in [0, 0.1) is 0 Å². The minimum Gasteiger partial charge on any atom is -0.462 e. The molecule has 1 unspecified atom stereocenters. The SMILES string of the molecule is CC/C=C\C/C=C\C/C=C\C/C=C\CCCCCCCCCCC(=O)OCC(COC(=O)CC/C=C\C/C=C\C/C=C\C/C=C\CC)OC(=O)CCCCCCCC/C=C\C/C=C\C/C=C\CCCCCCC. The van der Waals surface area contributed by atoms with Crippen LogP contribution in [0.2, 0.25) is 0 Å². The van der Waals surface area contributed by atoms with E-state index in [4.69, 9.17) is 14.2 Å². The van der Waals surface area contributed by atoms with E-state index in [1.807, 2.05) is 12.2 Å². The average Bonchev–Trinajstić information content (AvgIpc) is 3.39. The number of unbranched alkanes of at least 4 members (excludes halogenated alkanes) is 19. The highest BCUT2D eigenvalue weighted by molar-refractivity contribution is 5.71. The first-order valence-corrected chi connectivity index (χ1v) is 29.7. The molecule has 0 saturated heterocycles. The van der Waals surface area contributed by atoms with Gasteiger partial charge in [0.2, 0.25) is 0 Å². The zero-order valence-corrected chi connectivity index (χ0v) is 47.1. The zero-order valence-electron chi connectivity index (χ0n) is 47.1. The van der Waals surface area contributed by atoms with Crippen LogP contribution in [0.25, 0.3) is 0 Å². The third-order valence-corrected chi connectivity index (χ3v) is 12.1. The highest BCUT2D eigenvalue weighted by Crippen LogP contribution is 2.14. The second-order valence-electron chi connectivity index (χ2n) is 19.1. The van der Waals surface area contributed by atoms with Gasteiger partial charge in [-0.1, -0.05) is 244 Å². The van der Waals surface area contributed by atoms with Gasteiger partial charge in [0.15, 0.2) is 6.10 Å². The van der Waals surface area contributed by atoms with Gasteiger partial charge >= 0.3 is 17.9 Å². The summed E-state index contributed by atoms with van der Waals surface area (Å²) in [6, 6.07) is 0. The van der Waals surface area contributed by atoms with Crippen molar-refractivity contribution in [2.75, 3.05) is 13.2 Å². The lowest BCUT2D eigenvalue weighted by atomic mass is 10.1. The Morgan fingerprint density at radius 2 is 0.562 bits per heavy atom. The highest BCUT2D eigenvalue weighted by Gasteiger charge is 2.19. The summed E-state index contributed by atoms with van der Waals surface area (Å²) in [6.45, 7) is 6.31. The summed E-state index contributed by atoms with van der Waals surface area (Å²) in [5.74, 6) is -1.02. The number of carbonyl (C=O) groups is 3. The molecule has 1 atom stereocenters. The van der Waals surface area contributed by atoms with E-state index < -0.39 is 6.10 Å². The Bertz CT molecular complexity index is 1580. The minimum absolute atomic E-state index is 0.114. The van der Waals surface area contributed by atoms with Crippen LogP contribution in [0.5, 0.6) is 0 Å². The Hall–Kier alpha value is -4.45. The number of hydrogen-bond donors (Lipinski definition) is 0. The third-order valence-electron chi connectivity index (χ3n) is 12.1. The smallest absolute Gasteiger partial charge is 0.306 e. The van der Waals surface area contributed by atoms with E-state index in [2.05, 4.69) is 142 Å². The van der Waals surface area contributed by atoms with Crippen molar-refractivity contribution in [2.45, 2.75) is 258 Å². The van der Waals surface area contributed by atoms with Crippen molar-refractivity contribution in [3.8, 4) is 0 Å². The predicted molar refractivity (Wildman–Crippen MR) is 316 cm³/mol. The van der Waals surface area contributed by atoms with Crippen LogP contribution in [0.4, 0.5) is 0 Å². The maximum atomic E-state index is 12.9. The number of allylic oxidation sites excluding steroid dienone is 22. The van der Waals surface area contributed by atoms with Gasteiger partial charge in [-0.15, -0.1) is 0 Å². The van der Waals surface area contributed by atoms with E-state index in [1.54, 1.807) is 0 Å². The molecule has 0 amide bonds. The molecular formula is C67H108O6. The standard InChI is InChI=1S/C67H108O6/c1-4-7-10-13-16-19-22-25-27-29-31-33-35-37-39-42-45-48-51-54-57-60-66(69)72-63-64(62-71-65(68)59-56-53-50-47-44-41-24-21-18-15-12-9-6-3)73-67(70)61-58-55-52-49-46-43-40-38-36-34-32-30-28-26-23-20-17-14-11-8-5-2/h7,9-10,12,16,18-19,21,23,25-27,30-33,36,38,41,44,50,53,64H,4-6,8,11,13-15,17,20,22,24,28-29,34-35,37,39-40,42-43,45-49,51-52,54-63H2,1-3H3/b10-7-,12-9-,19-16-,21-18-,26-23-,27-25-,32-30-,33-31-,38-36-,44-41-,53-50-. The molecule has 0 aliphatic heterocycles. The monoisotopic (exact) mass is 1010 g/mol. The molecule has 0 N–H and O–H groups in total. The van der Waals surface area contributed by atoms with Gasteiger partial charge in [0, 0.05) is 19.3 Å². The molecule has 0 aromatic carbocycles. The van der Waals surface area contributed by atoms with Crippen molar-refractivity contribution >= 4 is 17.9 Å². The summed E-state index contributed by atoms with van der Waals surface area (Å²) in [5, 5.41) is 0. The number of ether oxygens (including phenoxy) is 3. The van der Waals surface area contributed by atoms with Crippen molar-refractivity contribution in [1.29, 1.82) is 0 Å². The van der Waals surface area contributed by atoms with Crippen molar-refractivity contribution < 1.29 is 28.6 Å². The molecule has 0 aliphatic carbocycles. The Morgan fingerprint density at radius 3 is 0.918 bits per heavy atom. The molecule has 0 aromatic heterocycles. The lowest BCUT2D eigenvalue weighted by molar-refractivity contribution is -0.166. The van der Waals surface area contributed by atoms with E-state index in [1.165, 1.54) is 83.5 Å². The van der Waals surface area contributed by atoms with Gasteiger partial charge in [-0.2, -0.15) is 0 Å². The van der Waals surface area contributed by atoms with Crippen LogP contribution in [-0.2, 0) is 28.6 Å². The molecule has 0 radical (unpaired) electrons. The van der Waals surface area contributed by atoms with E-state index in [0.717, 1.165) is 122 Å². The van der Waals surface area contributed by atoms with Crippen molar-refractivity contribution in [2.24, 2.45) is 0 Å². The molecule has 0 fully saturated rings. The summed E-state index contributed by atoms with van der Waals surface area (Å²) in [4.78, 5) is 38.2. The van der Waals surface area contributed by atoms with Crippen molar-refractivity contribution in [3.63, 3.8) is 0 Å². The van der Waals surface area contributed by atoms with Gasteiger partial charge in [0.25, 0.3) is 0 Å². The number of carbonyl (C=O) groups excluding carboxylic acids is 3. The molecule has 412 valence electrons. The Labute approximate surface area is 449 Å². The molecule has 0 aromatic rings. The summed E-state index contributed by atoms with van der Waals surface area (Å²) in [6.07, 6.45) is 84.6. The largest absolute Gasteiger partial charge is 0.462 e. The fourth-order valence-corrected chi connectivity index (χ4v) is 7.75. The first-order chi connectivity index (χ1) is 36.0. The predicted octanol–water partition coefficient (Wildman–Crippen LogP) is 20.2. The Kier molecular flexibility index (Phi) is 56.4. The lowest BCUT2D eigenvalue weighted by Crippen LogP contribution is -2.30. The van der Waals surface area contributed by atoms with Gasteiger partial charge < -0.3 is 14.2 Å². The van der Waals surface area contributed by atoms with E-state index in [-0.39, 0.29) is 37.5 Å². The fraction of sp³-hybridized carbons (Fsp3) is 0.627. The van der Waals surface area contributed by atoms with Crippen LogP contribution < -0.4 is 0 Å². The fourth-order valence-electron chi connectivity index (χ4n) is 7.75. The molecule has 0 spiro atoms. The van der Waals surface area contributed by atoms with Gasteiger partial charge in [-0.25, -0.2) is 0 Å². The molecular weight excluding hydrogens is 901 g/mol. The molecule has 0 bridgehead atoms. The number of hydrogen-bond acceptors (Lipinski definition) is 6. The first-order valence-electron chi connectivity index (χ1n) is 29.7. The summed E-state index contributed by atoms with van der Waals surface area (Å²) < 4.78 is 16.8. The lowest BCUT2D eigenvalue weighted by Gasteiger charge is -2.18. The van der Waals surface area contributed by atoms with Crippen molar-refractivity contribution in [3.05, 3.63) is 134 Å². The summed E-state index contributed by atoms with van der Waals surface area (Å²) in [7, 11) is 0. The van der Waals surface area contributed by atoms with Gasteiger partial charge in [-0.05, 0) is 122 Å². The van der Waals surface area contributed by atoms with Crippen LogP contribution in [0.1, 0.15) is 252 Å². The Balaban J connectivity index is 4.47. The summed E-state index contributed by atoms with van der Waals surface area (Å²) in [5.41, 5.74) is 0. The normalized spacial score (nSPS) is 13.1. The van der Waals surface area contributed by atoms with Gasteiger partial charge in [-0.3, -0.25) is 14.4 Å². The van der Waals surface area contributed by atoms with Crippen LogP contribution >= 0.6 is 0 Å². The topological polar surface area (TPSA) is 78.9 Å². The second kappa shape index (κ2) is 60.1. The van der Waals surface area contributed by atoms with Gasteiger partial charge in [0.05, 0.1) is 0 Å². The highest BCUT2D eigenvalue weighted by atomic mass is 16.6. The maximum absolute atomic E-state index is 12.9. The quantitative estimate of drug-likeness (QED) is 0.0261. The zero-order chi connectivity index (χ0) is 52.9. The van der Waals surface area contributed by atoms with Crippen LogP contribution in [0.15, 0.2) is 134 Å². The van der Waals surface area contributed by atoms with E-state index in [9.17, 15) is 14.4 Å². The van der Waals surface area contributed by atoms with Crippen molar-refractivity contribution in [1.82, 2.24) is 0 Å².